The minimum atomic E-state index is 0.514. The van der Waals surface area contributed by atoms with E-state index in [1.807, 2.05) is 0 Å². The van der Waals surface area contributed by atoms with Gasteiger partial charge in [-0.15, -0.1) is 0 Å². The fourth-order valence-electron chi connectivity index (χ4n) is 1.57. The van der Waals surface area contributed by atoms with Crippen molar-refractivity contribution in [3.8, 4) is 0 Å². The van der Waals surface area contributed by atoms with E-state index >= 15 is 0 Å². The first-order valence-electron chi connectivity index (χ1n) is 5.71. The second-order valence-corrected chi connectivity index (χ2v) is 7.08. The molecule has 0 unspecified atom stereocenters. The van der Waals surface area contributed by atoms with Crippen LogP contribution in [0.4, 0.5) is 0 Å². The molecule has 14 heavy (non-hydrogen) atoms. The zero-order valence-electron chi connectivity index (χ0n) is 9.21. The van der Waals surface area contributed by atoms with Crippen molar-refractivity contribution in [2.45, 2.75) is 55.1 Å². The molecule has 0 saturated heterocycles. The first kappa shape index (κ1) is 12.2. The van der Waals surface area contributed by atoms with Crippen LogP contribution in [0, 0.1) is 0 Å². The van der Waals surface area contributed by atoms with Crippen molar-refractivity contribution in [2.24, 2.45) is 0 Å². The molecule has 0 aromatic heterocycles. The Bertz CT molecular complexity index is 191. The molecule has 0 spiro atoms. The van der Waals surface area contributed by atoms with E-state index in [-0.39, 0.29) is 0 Å². The van der Waals surface area contributed by atoms with Crippen LogP contribution in [-0.4, -0.2) is 0 Å². The van der Waals surface area contributed by atoms with Crippen LogP contribution in [0.15, 0.2) is 23.8 Å². The average Bonchev–Trinajstić information content (AvgIpc) is 2.15. The summed E-state index contributed by atoms with van der Waals surface area (Å²) in [5.41, 5.74) is 1.74. The van der Waals surface area contributed by atoms with Crippen LogP contribution < -0.4 is 0 Å². The summed E-state index contributed by atoms with van der Waals surface area (Å²) in [6.07, 6.45) is 15.1. The van der Waals surface area contributed by atoms with Gasteiger partial charge in [-0.2, -0.15) is 0 Å². The van der Waals surface area contributed by atoms with Gasteiger partial charge in [0.05, 0.1) is 0 Å². The summed E-state index contributed by atoms with van der Waals surface area (Å²) in [4.78, 5) is 3.04. The molecule has 0 aromatic rings. The van der Waals surface area contributed by atoms with Gasteiger partial charge in [-0.25, -0.2) is 0 Å². The van der Waals surface area contributed by atoms with Crippen LogP contribution in [0.2, 0.25) is 9.62 Å². The Hall–Kier alpha value is 0.168. The summed E-state index contributed by atoms with van der Waals surface area (Å²) >= 11 is 0.514. The predicted octanol–water partition coefficient (Wildman–Crippen LogP) is 4.76. The van der Waals surface area contributed by atoms with Gasteiger partial charge < -0.3 is 0 Å². The van der Waals surface area contributed by atoms with Gasteiger partial charge in [0.1, 0.15) is 0 Å². The molecule has 0 heterocycles. The van der Waals surface area contributed by atoms with Crippen LogP contribution in [0.3, 0.4) is 0 Å². The topological polar surface area (TPSA) is 0 Å². The molecule has 0 radical (unpaired) electrons. The Morgan fingerprint density at radius 2 is 2.00 bits per heavy atom. The first-order valence-corrected chi connectivity index (χ1v) is 8.92. The predicted molar refractivity (Wildman–Crippen MR) is 60.2 cm³/mol. The van der Waals surface area contributed by atoms with E-state index in [1.165, 1.54) is 48.1 Å². The van der Waals surface area contributed by atoms with Gasteiger partial charge in [0.15, 0.2) is 0 Å². The van der Waals surface area contributed by atoms with Gasteiger partial charge in [-0.3, -0.25) is 0 Å². The molecule has 0 atom stereocenters. The van der Waals surface area contributed by atoms with E-state index in [1.54, 1.807) is 5.57 Å². The van der Waals surface area contributed by atoms with E-state index < -0.39 is 0 Å². The van der Waals surface area contributed by atoms with E-state index in [9.17, 15) is 0 Å². The molecule has 1 heteroatoms. The van der Waals surface area contributed by atoms with Crippen molar-refractivity contribution in [3.63, 3.8) is 0 Å². The molecule has 84 valence electrons. The van der Waals surface area contributed by atoms with E-state index in [4.69, 9.17) is 0 Å². The fraction of sp³-hybridized carbons (Fsp3) is 0.692. The maximum atomic E-state index is 2.50. The molecule has 0 aromatic carbocycles. The monoisotopic (exact) mass is 373 g/mol. The van der Waals surface area contributed by atoms with Crippen molar-refractivity contribution < 1.29 is 18.6 Å². The van der Waals surface area contributed by atoms with Crippen LogP contribution in [0.5, 0.6) is 0 Å². The standard InChI is InChI=1S/C10H15.C3H7.Pt/c1-2-10-8-6-4-3-5-7-9-10;1-3-2;/h3-4,9H,1-2,5-8H2;1,3H2,2H3;. The number of rotatable bonds is 5. The molecule has 0 amide bonds. The molecule has 0 aliphatic heterocycles. The summed E-state index contributed by atoms with van der Waals surface area (Å²) in [5.74, 6) is 0. The van der Waals surface area contributed by atoms with Crippen molar-refractivity contribution in [1.82, 2.24) is 0 Å². The third kappa shape index (κ3) is 5.81. The van der Waals surface area contributed by atoms with Crippen molar-refractivity contribution in [3.05, 3.63) is 23.8 Å². The van der Waals surface area contributed by atoms with Gasteiger partial charge >= 0.3 is 97.4 Å². The van der Waals surface area contributed by atoms with Gasteiger partial charge in [0.2, 0.25) is 0 Å². The molecule has 0 N–H and O–H groups in total. The Morgan fingerprint density at radius 3 is 2.86 bits per heavy atom. The molecule has 0 saturated carbocycles. The molecule has 0 fully saturated rings. The third-order valence-electron chi connectivity index (χ3n) is 2.35. The number of allylic oxidation sites excluding steroid dienone is 4. The van der Waals surface area contributed by atoms with Crippen molar-refractivity contribution in [2.75, 3.05) is 0 Å². The third-order valence-corrected chi connectivity index (χ3v) is 5.66. The summed E-state index contributed by atoms with van der Waals surface area (Å²) in [6.45, 7) is 2.31. The quantitative estimate of drug-likeness (QED) is 0.481. The number of hydrogen-bond donors (Lipinski definition) is 0. The van der Waals surface area contributed by atoms with Crippen molar-refractivity contribution >= 4 is 0 Å². The van der Waals surface area contributed by atoms with Gasteiger partial charge in [0, 0.05) is 0 Å². The van der Waals surface area contributed by atoms with E-state index in [2.05, 4.69) is 25.2 Å². The molecular formula is C13H22Pt. The summed E-state index contributed by atoms with van der Waals surface area (Å²) in [5, 5.41) is 0. The number of hydrogen-bond acceptors (Lipinski definition) is 0. The Labute approximate surface area is 97.4 Å². The van der Waals surface area contributed by atoms with E-state index in [0.717, 1.165) is 0 Å². The zero-order chi connectivity index (χ0) is 10.1. The van der Waals surface area contributed by atoms with E-state index in [0.29, 0.717) is 18.6 Å². The zero-order valence-corrected chi connectivity index (χ0v) is 11.5. The second kappa shape index (κ2) is 8.47. The van der Waals surface area contributed by atoms with Gasteiger partial charge in [-0.05, 0) is 0 Å². The normalized spacial score (nSPS) is 17.6. The Balaban J connectivity index is 2.15. The molecular weight excluding hydrogens is 351 g/mol. The van der Waals surface area contributed by atoms with Gasteiger partial charge in [0.25, 0.3) is 0 Å². The van der Waals surface area contributed by atoms with Crippen LogP contribution in [0.25, 0.3) is 0 Å². The fourth-order valence-corrected chi connectivity index (χ4v) is 4.07. The molecule has 0 bridgehead atoms. The Kier molecular flexibility index (Phi) is 7.41. The van der Waals surface area contributed by atoms with Crippen LogP contribution >= 0.6 is 0 Å². The van der Waals surface area contributed by atoms with Crippen LogP contribution in [0.1, 0.15) is 45.4 Å². The summed E-state index contributed by atoms with van der Waals surface area (Å²) in [7, 11) is 0. The summed E-state index contributed by atoms with van der Waals surface area (Å²) in [6, 6.07) is 0. The first-order chi connectivity index (χ1) is 6.93. The minimum absolute atomic E-state index is 0.514. The Morgan fingerprint density at radius 1 is 1.14 bits per heavy atom. The summed E-state index contributed by atoms with van der Waals surface area (Å²) < 4.78 is 0. The molecule has 1 aliphatic rings. The SMILES string of the molecule is CC[CH2][Pt][CH2]CC1=CCCC=CCC1. The second-order valence-electron chi connectivity index (χ2n) is 3.67. The van der Waals surface area contributed by atoms with Gasteiger partial charge in [-0.1, -0.05) is 0 Å². The van der Waals surface area contributed by atoms with Crippen LogP contribution in [-0.2, 0) is 18.6 Å². The molecule has 1 aliphatic carbocycles. The molecule has 1 rings (SSSR count). The van der Waals surface area contributed by atoms with Crippen molar-refractivity contribution in [1.29, 1.82) is 0 Å². The molecule has 0 nitrogen and oxygen atoms in total. The maximum absolute atomic E-state index is 2.50. The average molecular weight is 373 g/mol.